The van der Waals surface area contributed by atoms with Crippen LogP contribution in [0.4, 0.5) is 4.39 Å². The molecule has 1 atom stereocenters. The monoisotopic (exact) mass is 376 g/mol. The molecule has 1 heterocycles. The Hall–Kier alpha value is -2.41. The molecular weight excluding hydrogens is 347 g/mol. The Balaban J connectivity index is 1.94. The summed E-state index contributed by atoms with van der Waals surface area (Å²) in [4.78, 5) is 4.48. The quantitative estimate of drug-likeness (QED) is 0.461. The third-order valence-corrected chi connectivity index (χ3v) is 4.44. The van der Waals surface area contributed by atoms with Gasteiger partial charge in [0.1, 0.15) is 12.4 Å². The second kappa shape index (κ2) is 10.7. The van der Waals surface area contributed by atoms with Gasteiger partial charge in [-0.2, -0.15) is 0 Å². The molecule has 0 aliphatic carbocycles. The topological polar surface area (TPSA) is 82.7 Å². The Labute approximate surface area is 159 Å². The maximum atomic E-state index is 13.0. The summed E-state index contributed by atoms with van der Waals surface area (Å²) >= 11 is 0. The molecule has 148 valence electrons. The fourth-order valence-electron chi connectivity index (χ4n) is 2.80. The first-order chi connectivity index (χ1) is 13.1. The van der Waals surface area contributed by atoms with Crippen molar-refractivity contribution in [2.45, 2.75) is 52.2 Å². The molecule has 0 spiro atoms. The molecule has 3 N–H and O–H groups in total. The van der Waals surface area contributed by atoms with Gasteiger partial charge in [-0.3, -0.25) is 0 Å². The highest BCUT2D eigenvalue weighted by Crippen LogP contribution is 2.22. The Morgan fingerprint density at radius 2 is 1.89 bits per heavy atom. The molecule has 0 bridgehead atoms. The summed E-state index contributed by atoms with van der Waals surface area (Å²) in [6.45, 7) is 7.55. The number of halogens is 1. The van der Waals surface area contributed by atoms with Crippen LogP contribution in [0.25, 0.3) is 0 Å². The van der Waals surface area contributed by atoms with Gasteiger partial charge in [0.05, 0.1) is 11.8 Å². The van der Waals surface area contributed by atoms with Crippen molar-refractivity contribution in [3.63, 3.8) is 0 Å². The molecule has 2 aromatic rings. The van der Waals surface area contributed by atoms with E-state index in [4.69, 9.17) is 4.52 Å². The minimum Gasteiger partial charge on any atom is -0.387 e. The molecule has 0 fully saturated rings. The maximum Gasteiger partial charge on any atom is 0.191 e. The van der Waals surface area contributed by atoms with E-state index in [-0.39, 0.29) is 12.4 Å². The third kappa shape index (κ3) is 6.36. The molecule has 2 rings (SSSR count). The molecule has 0 aliphatic rings. The molecule has 0 radical (unpaired) electrons. The van der Waals surface area contributed by atoms with Crippen molar-refractivity contribution < 1.29 is 14.0 Å². The van der Waals surface area contributed by atoms with Gasteiger partial charge < -0.3 is 20.3 Å². The van der Waals surface area contributed by atoms with Crippen molar-refractivity contribution in [3.8, 4) is 0 Å². The molecule has 1 aromatic carbocycles. The molecule has 0 saturated heterocycles. The van der Waals surface area contributed by atoms with Crippen LogP contribution in [0.5, 0.6) is 0 Å². The Morgan fingerprint density at radius 1 is 1.19 bits per heavy atom. The molecule has 7 heteroatoms. The van der Waals surface area contributed by atoms with Crippen LogP contribution in [0, 0.1) is 5.82 Å². The highest BCUT2D eigenvalue weighted by molar-refractivity contribution is 5.79. The predicted octanol–water partition coefficient (Wildman–Crippen LogP) is 3.51. The van der Waals surface area contributed by atoms with Crippen LogP contribution in [0.1, 0.15) is 62.7 Å². The number of hydrogen-bond acceptors (Lipinski definition) is 4. The first-order valence-corrected chi connectivity index (χ1v) is 9.48. The summed E-state index contributed by atoms with van der Waals surface area (Å²) in [6.07, 6.45) is 1.29. The lowest BCUT2D eigenvalue weighted by atomic mass is 9.99. The van der Waals surface area contributed by atoms with Gasteiger partial charge in [0.2, 0.25) is 0 Å². The summed E-state index contributed by atoms with van der Waals surface area (Å²) in [5.74, 6) is 1.35. The first kappa shape index (κ1) is 20.9. The van der Waals surface area contributed by atoms with Crippen molar-refractivity contribution in [3.05, 3.63) is 53.2 Å². The van der Waals surface area contributed by atoms with Crippen LogP contribution >= 0.6 is 0 Å². The Kier molecular flexibility index (Phi) is 8.26. The van der Waals surface area contributed by atoms with E-state index in [1.165, 1.54) is 12.1 Å². The fraction of sp³-hybridized carbons (Fsp3) is 0.500. The second-order valence-electron chi connectivity index (χ2n) is 6.37. The van der Waals surface area contributed by atoms with E-state index in [0.717, 1.165) is 18.5 Å². The number of aliphatic imine (C=N–C) groups is 1. The lowest BCUT2D eigenvalue weighted by Crippen LogP contribution is -2.39. The fourth-order valence-corrected chi connectivity index (χ4v) is 2.80. The maximum absolute atomic E-state index is 13.0. The highest BCUT2D eigenvalue weighted by atomic mass is 19.1. The van der Waals surface area contributed by atoms with Crippen molar-refractivity contribution >= 4 is 5.96 Å². The smallest absolute Gasteiger partial charge is 0.191 e. The average molecular weight is 376 g/mol. The summed E-state index contributed by atoms with van der Waals surface area (Å²) in [6, 6.07) is 7.76. The number of hydrogen-bond donors (Lipinski definition) is 3. The zero-order valence-electron chi connectivity index (χ0n) is 16.2. The summed E-state index contributed by atoms with van der Waals surface area (Å²) in [5.41, 5.74) is 1.61. The molecule has 0 saturated carbocycles. The van der Waals surface area contributed by atoms with E-state index in [1.54, 1.807) is 12.1 Å². The van der Waals surface area contributed by atoms with Gasteiger partial charge in [-0.1, -0.05) is 31.1 Å². The number of guanidine groups is 1. The van der Waals surface area contributed by atoms with Crippen LogP contribution in [0.3, 0.4) is 0 Å². The molecule has 1 aromatic heterocycles. The Morgan fingerprint density at radius 3 is 2.52 bits per heavy atom. The minimum absolute atomic E-state index is 0.257. The van der Waals surface area contributed by atoms with Crippen molar-refractivity contribution in [1.82, 2.24) is 15.8 Å². The molecule has 6 nitrogen and oxygen atoms in total. The van der Waals surface area contributed by atoms with Gasteiger partial charge in [0.15, 0.2) is 11.7 Å². The Bertz CT molecular complexity index is 711. The van der Waals surface area contributed by atoms with E-state index in [1.807, 2.05) is 13.0 Å². The van der Waals surface area contributed by atoms with Gasteiger partial charge in [-0.25, -0.2) is 9.38 Å². The van der Waals surface area contributed by atoms with Gasteiger partial charge >= 0.3 is 0 Å². The van der Waals surface area contributed by atoms with Crippen LogP contribution in [0.2, 0.25) is 0 Å². The number of aromatic nitrogens is 1. The number of aliphatic hydroxyl groups is 1. The molecule has 1 unspecified atom stereocenters. The summed E-state index contributed by atoms with van der Waals surface area (Å²) in [5, 5.41) is 20.6. The van der Waals surface area contributed by atoms with E-state index in [9.17, 15) is 9.50 Å². The van der Waals surface area contributed by atoms with Gasteiger partial charge in [0, 0.05) is 25.1 Å². The predicted molar refractivity (Wildman–Crippen MR) is 104 cm³/mol. The second-order valence-corrected chi connectivity index (χ2v) is 6.37. The summed E-state index contributed by atoms with van der Waals surface area (Å²) < 4.78 is 18.4. The van der Waals surface area contributed by atoms with Crippen LogP contribution < -0.4 is 10.6 Å². The third-order valence-electron chi connectivity index (χ3n) is 4.44. The lowest BCUT2D eigenvalue weighted by molar-refractivity contribution is 0.180. The van der Waals surface area contributed by atoms with Crippen molar-refractivity contribution in [2.24, 2.45) is 4.99 Å². The molecular formula is C20H29FN4O2. The standard InChI is InChI=1S/C20H29FN4O2/c1-4-14(5-2)18-11-17(27-25-18)12-23-20(22-6-3)24-13-19(26)15-7-9-16(21)10-8-15/h7-11,14,19,26H,4-6,12-13H2,1-3H3,(H2,22,23,24). The molecule has 27 heavy (non-hydrogen) atoms. The van der Waals surface area contributed by atoms with Gasteiger partial charge in [-0.05, 0) is 37.5 Å². The molecule has 0 amide bonds. The zero-order valence-corrected chi connectivity index (χ0v) is 16.2. The zero-order chi connectivity index (χ0) is 19.6. The lowest BCUT2D eigenvalue weighted by Gasteiger charge is -2.15. The van der Waals surface area contributed by atoms with E-state index < -0.39 is 6.10 Å². The van der Waals surface area contributed by atoms with Crippen LogP contribution in [-0.2, 0) is 6.54 Å². The molecule has 0 aliphatic heterocycles. The van der Waals surface area contributed by atoms with Crippen molar-refractivity contribution in [1.29, 1.82) is 0 Å². The SMILES string of the molecule is CCNC(=NCc1cc(C(CC)CC)no1)NCC(O)c1ccc(F)cc1. The number of nitrogens with one attached hydrogen (secondary N) is 2. The van der Waals surface area contributed by atoms with Crippen molar-refractivity contribution in [2.75, 3.05) is 13.1 Å². The average Bonchev–Trinajstić information content (AvgIpc) is 3.14. The first-order valence-electron chi connectivity index (χ1n) is 9.48. The van der Waals surface area contributed by atoms with Crippen LogP contribution in [-0.4, -0.2) is 29.3 Å². The largest absolute Gasteiger partial charge is 0.387 e. The highest BCUT2D eigenvalue weighted by Gasteiger charge is 2.13. The normalized spacial score (nSPS) is 13.0. The van der Waals surface area contributed by atoms with Gasteiger partial charge in [-0.15, -0.1) is 0 Å². The van der Waals surface area contributed by atoms with E-state index in [0.29, 0.717) is 36.3 Å². The minimum atomic E-state index is -0.763. The number of benzene rings is 1. The number of rotatable bonds is 9. The van der Waals surface area contributed by atoms with Crippen LogP contribution in [0.15, 0.2) is 39.8 Å². The van der Waals surface area contributed by atoms with Gasteiger partial charge in [0.25, 0.3) is 0 Å². The van der Waals surface area contributed by atoms with E-state index >= 15 is 0 Å². The summed E-state index contributed by atoms with van der Waals surface area (Å²) in [7, 11) is 0. The number of aliphatic hydroxyl groups excluding tert-OH is 1. The number of nitrogens with zero attached hydrogens (tertiary/aromatic N) is 2. The van der Waals surface area contributed by atoms with E-state index in [2.05, 4.69) is 34.6 Å².